The summed E-state index contributed by atoms with van der Waals surface area (Å²) in [7, 11) is 0. The largest absolute Gasteiger partial charge is 0.368 e. The van der Waals surface area contributed by atoms with Crippen LogP contribution in [0.4, 0.5) is 0 Å². The van der Waals surface area contributed by atoms with Crippen LogP contribution < -0.4 is 22.3 Å². The van der Waals surface area contributed by atoms with E-state index in [9.17, 15) is 0 Å². The number of hydrogen-bond acceptors (Lipinski definition) is 2. The fourth-order valence-corrected chi connectivity index (χ4v) is 0.436. The molecule has 0 aliphatic heterocycles. The minimum absolute atomic E-state index is 0.103. The van der Waals surface area contributed by atoms with Crippen molar-refractivity contribution in [1.29, 1.82) is 5.41 Å². The molecule has 0 rings (SSSR count). The van der Waals surface area contributed by atoms with E-state index in [-0.39, 0.29) is 11.9 Å². The number of rotatable bonds is 3. The number of aliphatic imine (C=N–C) groups is 1. The molecule has 0 saturated heterocycles. The molecule has 0 heterocycles. The van der Waals surface area contributed by atoms with Crippen LogP contribution in [0.1, 0.15) is 13.3 Å². The highest BCUT2D eigenvalue weighted by atomic mass is 15.4. The van der Waals surface area contributed by atoms with Gasteiger partial charge in [-0.05, 0) is 6.42 Å². The van der Waals surface area contributed by atoms with E-state index >= 15 is 0 Å². The van der Waals surface area contributed by atoms with Gasteiger partial charge in [-0.25, -0.2) is 5.43 Å². The third kappa shape index (κ3) is 6.59. The molecule has 0 saturated carbocycles. The summed E-state index contributed by atoms with van der Waals surface area (Å²) in [6.07, 6.45) is 0.986. The van der Waals surface area contributed by atoms with Crippen molar-refractivity contribution in [1.82, 2.24) is 10.9 Å². The molecule has 7 N–H and O–H groups in total. The summed E-state index contributed by atoms with van der Waals surface area (Å²) in [6.45, 7) is 2.81. The molecule has 0 aromatic carbocycles. The smallest absolute Gasteiger partial charge is 0.215 e. The van der Waals surface area contributed by atoms with Gasteiger partial charge in [0.1, 0.15) is 0 Å². The van der Waals surface area contributed by atoms with Gasteiger partial charge in [0.05, 0.1) is 0 Å². The number of hydrogen-bond donors (Lipinski definition) is 5. The second kappa shape index (κ2) is 5.48. The summed E-state index contributed by atoms with van der Waals surface area (Å²) in [5, 5.41) is 6.75. The minimum atomic E-state index is -0.312. The zero-order valence-electron chi connectivity index (χ0n) is 6.52. The summed E-state index contributed by atoms with van der Waals surface area (Å²) in [5.74, 6) is -0.209. The maximum absolute atomic E-state index is 6.75. The predicted molar refractivity (Wildman–Crippen MR) is 45.0 cm³/mol. The summed E-state index contributed by atoms with van der Waals surface area (Å²) in [6, 6.07) is 0. The van der Waals surface area contributed by atoms with Crippen LogP contribution in [0.2, 0.25) is 0 Å². The number of hydrazine groups is 1. The molecule has 0 aromatic rings. The molecule has 0 radical (unpaired) electrons. The summed E-state index contributed by atoms with van der Waals surface area (Å²) < 4.78 is 0. The topological polar surface area (TPSA) is 112 Å². The number of nitrogens with two attached hydrogens (primary N) is 2. The Morgan fingerprint density at radius 3 is 2.64 bits per heavy atom. The molecular weight excluding hydrogens is 144 g/mol. The Bertz CT molecular complexity index is 151. The van der Waals surface area contributed by atoms with E-state index in [1.807, 2.05) is 6.92 Å². The predicted octanol–water partition coefficient (Wildman–Crippen LogP) is -1.30. The first-order valence-electron chi connectivity index (χ1n) is 3.34. The summed E-state index contributed by atoms with van der Waals surface area (Å²) in [5.41, 5.74) is 15.6. The molecule has 0 bridgehead atoms. The quantitative estimate of drug-likeness (QED) is 0.152. The zero-order valence-corrected chi connectivity index (χ0v) is 6.52. The SMILES string of the molecule is CCCNNC(N)=NC(=N)N. The fraction of sp³-hybridized carbons (Fsp3) is 0.600. The molecule has 0 amide bonds. The molecule has 0 aromatic heterocycles. The highest BCUT2D eigenvalue weighted by Crippen LogP contribution is 1.66. The van der Waals surface area contributed by atoms with Gasteiger partial charge in [-0.1, -0.05) is 6.92 Å². The first-order valence-corrected chi connectivity index (χ1v) is 3.34. The van der Waals surface area contributed by atoms with E-state index in [0.717, 1.165) is 13.0 Å². The van der Waals surface area contributed by atoms with Gasteiger partial charge in [0.15, 0.2) is 0 Å². The van der Waals surface area contributed by atoms with E-state index < -0.39 is 0 Å². The zero-order chi connectivity index (χ0) is 8.69. The molecule has 0 aliphatic carbocycles. The van der Waals surface area contributed by atoms with Crippen molar-refractivity contribution in [3.05, 3.63) is 0 Å². The summed E-state index contributed by atoms with van der Waals surface area (Å²) >= 11 is 0. The maximum atomic E-state index is 6.75. The standard InChI is InChI=1S/C5H14N6/c1-2-3-9-11-5(8)10-4(6)7/h9H,2-3H2,1H3,(H6,6,7,8,10,11). The Kier molecular flexibility index (Phi) is 4.83. The van der Waals surface area contributed by atoms with Gasteiger partial charge in [-0.3, -0.25) is 10.8 Å². The lowest BCUT2D eigenvalue weighted by atomic mass is 10.5. The van der Waals surface area contributed by atoms with Crippen LogP contribution in [0, 0.1) is 5.41 Å². The highest BCUT2D eigenvalue weighted by Gasteiger charge is 1.88. The molecule has 0 atom stereocenters. The summed E-state index contributed by atoms with van der Waals surface area (Å²) in [4.78, 5) is 3.43. The van der Waals surface area contributed by atoms with E-state index in [2.05, 4.69) is 15.8 Å². The first kappa shape index (κ1) is 9.70. The second-order valence-corrected chi connectivity index (χ2v) is 1.93. The second-order valence-electron chi connectivity index (χ2n) is 1.93. The Hall–Kier alpha value is -1.30. The van der Waals surface area contributed by atoms with Crippen LogP contribution in [0.25, 0.3) is 0 Å². The molecule has 0 unspecified atom stereocenters. The van der Waals surface area contributed by atoms with Crippen molar-refractivity contribution in [3.63, 3.8) is 0 Å². The van der Waals surface area contributed by atoms with Crippen molar-refractivity contribution >= 4 is 11.9 Å². The average molecular weight is 158 g/mol. The number of nitrogens with one attached hydrogen (secondary N) is 3. The van der Waals surface area contributed by atoms with E-state index in [1.165, 1.54) is 0 Å². The average Bonchev–Trinajstić information content (AvgIpc) is 1.86. The number of nitrogens with zero attached hydrogens (tertiary/aromatic N) is 1. The van der Waals surface area contributed by atoms with Crippen LogP contribution in [0.3, 0.4) is 0 Å². The van der Waals surface area contributed by atoms with Crippen LogP contribution in [-0.2, 0) is 0 Å². The van der Waals surface area contributed by atoms with Crippen molar-refractivity contribution < 1.29 is 0 Å². The number of guanidine groups is 2. The van der Waals surface area contributed by atoms with Crippen LogP contribution in [0.15, 0.2) is 4.99 Å². The molecule has 0 fully saturated rings. The van der Waals surface area contributed by atoms with Crippen LogP contribution in [0.5, 0.6) is 0 Å². The van der Waals surface area contributed by atoms with Gasteiger partial charge in [0, 0.05) is 6.54 Å². The lowest BCUT2D eigenvalue weighted by molar-refractivity contribution is 0.637. The van der Waals surface area contributed by atoms with Crippen molar-refractivity contribution in [2.75, 3.05) is 6.54 Å². The van der Waals surface area contributed by atoms with Crippen molar-refractivity contribution in [3.8, 4) is 0 Å². The Morgan fingerprint density at radius 1 is 1.55 bits per heavy atom. The molecule has 6 nitrogen and oxygen atoms in total. The molecular formula is C5H14N6. The first-order chi connectivity index (χ1) is 5.16. The normalized spacial score (nSPS) is 11.2. The van der Waals surface area contributed by atoms with Gasteiger partial charge in [-0.2, -0.15) is 4.99 Å². The van der Waals surface area contributed by atoms with Gasteiger partial charge >= 0.3 is 0 Å². The Morgan fingerprint density at radius 2 is 2.18 bits per heavy atom. The highest BCUT2D eigenvalue weighted by molar-refractivity contribution is 5.91. The lowest BCUT2D eigenvalue weighted by Gasteiger charge is -2.04. The van der Waals surface area contributed by atoms with Gasteiger partial charge in [0.25, 0.3) is 0 Å². The van der Waals surface area contributed by atoms with E-state index in [0.29, 0.717) is 0 Å². The fourth-order valence-electron chi connectivity index (χ4n) is 0.436. The molecule has 11 heavy (non-hydrogen) atoms. The van der Waals surface area contributed by atoms with Crippen molar-refractivity contribution in [2.24, 2.45) is 16.5 Å². The Labute approximate surface area is 65.5 Å². The van der Waals surface area contributed by atoms with Gasteiger partial charge in [0.2, 0.25) is 11.9 Å². The lowest BCUT2D eigenvalue weighted by Crippen LogP contribution is -2.43. The molecule has 64 valence electrons. The van der Waals surface area contributed by atoms with Crippen LogP contribution >= 0.6 is 0 Å². The molecule has 0 aliphatic rings. The van der Waals surface area contributed by atoms with E-state index in [1.54, 1.807) is 0 Å². The minimum Gasteiger partial charge on any atom is -0.368 e. The van der Waals surface area contributed by atoms with Crippen molar-refractivity contribution in [2.45, 2.75) is 13.3 Å². The molecule has 0 spiro atoms. The van der Waals surface area contributed by atoms with E-state index in [4.69, 9.17) is 16.9 Å². The van der Waals surface area contributed by atoms with Crippen LogP contribution in [-0.4, -0.2) is 18.5 Å². The molecule has 6 heteroatoms. The third-order valence-corrected chi connectivity index (χ3v) is 0.832. The van der Waals surface area contributed by atoms with Gasteiger partial charge in [-0.15, -0.1) is 0 Å². The monoisotopic (exact) mass is 158 g/mol. The Balaban J connectivity index is 3.51. The van der Waals surface area contributed by atoms with Gasteiger partial charge < -0.3 is 11.5 Å². The maximum Gasteiger partial charge on any atom is 0.215 e. The third-order valence-electron chi connectivity index (χ3n) is 0.832.